The quantitative estimate of drug-likeness (QED) is 0.806. The van der Waals surface area contributed by atoms with E-state index in [0.29, 0.717) is 25.7 Å². The lowest BCUT2D eigenvalue weighted by Crippen LogP contribution is -2.59. The Labute approximate surface area is 131 Å². The molecule has 22 heavy (non-hydrogen) atoms. The molecule has 0 aromatic heterocycles. The Hall–Kier alpha value is -1.99. The number of rotatable bonds is 3. The van der Waals surface area contributed by atoms with Gasteiger partial charge >= 0.3 is 6.09 Å². The summed E-state index contributed by atoms with van der Waals surface area (Å²) in [6, 6.07) is 9.92. The van der Waals surface area contributed by atoms with Crippen molar-refractivity contribution in [2.75, 3.05) is 13.2 Å². The van der Waals surface area contributed by atoms with Gasteiger partial charge in [0.25, 0.3) is 0 Å². The number of carbonyl (C=O) groups excluding carboxylic acids is 1. The maximum atomic E-state index is 12.5. The highest BCUT2D eigenvalue weighted by Crippen LogP contribution is 2.33. The van der Waals surface area contributed by atoms with Gasteiger partial charge in [-0.25, -0.2) is 4.79 Å². The molecule has 2 aliphatic heterocycles. The molecule has 2 atom stereocenters. The highest BCUT2D eigenvalue weighted by atomic mass is 16.6. The van der Waals surface area contributed by atoms with Crippen molar-refractivity contribution in [3.63, 3.8) is 0 Å². The zero-order chi connectivity index (χ0) is 15.4. The summed E-state index contributed by atoms with van der Waals surface area (Å²) in [6.07, 6.45) is 7.78. The van der Waals surface area contributed by atoms with Gasteiger partial charge in [0.05, 0.1) is 25.3 Å². The van der Waals surface area contributed by atoms with Crippen molar-refractivity contribution in [1.29, 1.82) is 0 Å². The van der Waals surface area contributed by atoms with Crippen LogP contribution in [0.15, 0.2) is 30.3 Å². The van der Waals surface area contributed by atoms with Gasteiger partial charge < -0.3 is 9.47 Å². The Morgan fingerprint density at radius 2 is 1.95 bits per heavy atom. The van der Waals surface area contributed by atoms with Crippen molar-refractivity contribution >= 4 is 6.09 Å². The fraction of sp³-hybridized carbons (Fsp3) is 0.500. The van der Waals surface area contributed by atoms with Gasteiger partial charge in [-0.1, -0.05) is 30.3 Å². The van der Waals surface area contributed by atoms with E-state index in [-0.39, 0.29) is 18.2 Å². The summed E-state index contributed by atoms with van der Waals surface area (Å²) in [6.45, 7) is 1.47. The summed E-state index contributed by atoms with van der Waals surface area (Å²) in [4.78, 5) is 14.3. The second-order valence-corrected chi connectivity index (χ2v) is 6.04. The van der Waals surface area contributed by atoms with E-state index in [9.17, 15) is 4.79 Å². The number of piperidine rings is 1. The fourth-order valence-corrected chi connectivity index (χ4v) is 3.45. The van der Waals surface area contributed by atoms with E-state index in [2.05, 4.69) is 5.92 Å². The van der Waals surface area contributed by atoms with Crippen LogP contribution in [0.2, 0.25) is 0 Å². The van der Waals surface area contributed by atoms with Crippen LogP contribution in [0.25, 0.3) is 0 Å². The molecule has 3 rings (SSSR count). The molecule has 2 saturated heterocycles. The van der Waals surface area contributed by atoms with Crippen LogP contribution in [0.1, 0.15) is 24.8 Å². The molecule has 0 saturated carbocycles. The first-order valence-corrected chi connectivity index (χ1v) is 7.78. The summed E-state index contributed by atoms with van der Waals surface area (Å²) in [5.41, 5.74) is 1.000. The first-order valence-electron chi connectivity index (χ1n) is 7.78. The van der Waals surface area contributed by atoms with Crippen molar-refractivity contribution in [3.8, 4) is 12.3 Å². The third kappa shape index (κ3) is 3.26. The van der Waals surface area contributed by atoms with E-state index in [0.717, 1.165) is 24.8 Å². The van der Waals surface area contributed by atoms with Crippen LogP contribution in [0.4, 0.5) is 4.79 Å². The average molecular weight is 299 g/mol. The lowest BCUT2D eigenvalue weighted by Gasteiger charge is -2.47. The first-order chi connectivity index (χ1) is 10.8. The molecule has 116 valence electrons. The normalized spacial score (nSPS) is 27.0. The van der Waals surface area contributed by atoms with Crippen LogP contribution >= 0.6 is 0 Å². The Kier molecular flexibility index (Phi) is 4.65. The smallest absolute Gasteiger partial charge is 0.410 e. The van der Waals surface area contributed by atoms with Gasteiger partial charge in [0.1, 0.15) is 6.61 Å². The minimum atomic E-state index is -0.235. The predicted octanol–water partition coefficient (Wildman–Crippen LogP) is 2.83. The van der Waals surface area contributed by atoms with Crippen molar-refractivity contribution in [1.82, 2.24) is 4.90 Å². The Morgan fingerprint density at radius 3 is 2.59 bits per heavy atom. The standard InChI is InChI=1S/C18H21NO3/c1-2-6-15-9-16-12-21-13-17(10-15)19(16)18(20)22-11-14-7-4-3-5-8-14/h1,3-5,7-8,15-17H,6,9-13H2. The second kappa shape index (κ2) is 6.85. The van der Waals surface area contributed by atoms with Gasteiger partial charge in [-0.3, -0.25) is 4.90 Å². The number of benzene rings is 1. The van der Waals surface area contributed by atoms with Gasteiger partial charge in [-0.15, -0.1) is 12.3 Å². The number of hydrogen-bond donors (Lipinski definition) is 0. The van der Waals surface area contributed by atoms with Crippen LogP contribution in [-0.2, 0) is 16.1 Å². The molecule has 4 nitrogen and oxygen atoms in total. The van der Waals surface area contributed by atoms with Gasteiger partial charge in [0.15, 0.2) is 0 Å². The SMILES string of the molecule is C#CCC1CC2COCC(C1)N2C(=O)OCc1ccccc1. The van der Waals surface area contributed by atoms with Gasteiger partial charge in [-0.05, 0) is 24.3 Å². The lowest BCUT2D eigenvalue weighted by atomic mass is 9.83. The molecular weight excluding hydrogens is 278 g/mol. The number of morpholine rings is 1. The molecule has 0 aliphatic carbocycles. The first kappa shape index (κ1) is 14.9. The third-order valence-electron chi connectivity index (χ3n) is 4.44. The predicted molar refractivity (Wildman–Crippen MR) is 83.0 cm³/mol. The number of nitrogens with zero attached hydrogens (tertiary/aromatic N) is 1. The zero-order valence-electron chi connectivity index (χ0n) is 12.6. The number of terminal acetylenes is 1. The molecule has 0 N–H and O–H groups in total. The van der Waals surface area contributed by atoms with Gasteiger partial charge in [0, 0.05) is 6.42 Å². The summed E-state index contributed by atoms with van der Waals surface area (Å²) in [7, 11) is 0. The molecule has 2 bridgehead atoms. The second-order valence-electron chi connectivity index (χ2n) is 6.04. The summed E-state index contributed by atoms with van der Waals surface area (Å²) >= 11 is 0. The highest BCUT2D eigenvalue weighted by Gasteiger charge is 2.42. The molecule has 2 unspecified atom stereocenters. The van der Waals surface area contributed by atoms with Crippen molar-refractivity contribution < 1.29 is 14.3 Å². The van der Waals surface area contributed by atoms with Crippen molar-refractivity contribution in [2.45, 2.75) is 38.0 Å². The van der Waals surface area contributed by atoms with Gasteiger partial charge in [-0.2, -0.15) is 0 Å². The molecule has 1 aromatic rings. The number of amides is 1. The molecular formula is C18H21NO3. The van der Waals surface area contributed by atoms with Crippen LogP contribution in [0.3, 0.4) is 0 Å². The molecule has 1 aromatic carbocycles. The number of fused-ring (bicyclic) bond motifs is 2. The summed E-state index contributed by atoms with van der Waals surface area (Å²) < 4.78 is 11.1. The third-order valence-corrected chi connectivity index (χ3v) is 4.44. The molecule has 2 fully saturated rings. The molecule has 4 heteroatoms. The highest BCUT2D eigenvalue weighted by molar-refractivity contribution is 5.69. The van der Waals surface area contributed by atoms with Crippen molar-refractivity contribution in [2.24, 2.45) is 5.92 Å². The topological polar surface area (TPSA) is 38.8 Å². The lowest BCUT2D eigenvalue weighted by molar-refractivity contribution is -0.0788. The molecule has 0 radical (unpaired) electrons. The van der Waals surface area contributed by atoms with E-state index in [4.69, 9.17) is 15.9 Å². The van der Waals surface area contributed by atoms with E-state index < -0.39 is 0 Å². The fourth-order valence-electron chi connectivity index (χ4n) is 3.45. The van der Waals surface area contributed by atoms with Gasteiger partial charge in [0.2, 0.25) is 0 Å². The average Bonchev–Trinajstić information content (AvgIpc) is 2.53. The monoisotopic (exact) mass is 299 g/mol. The molecule has 2 heterocycles. The van der Waals surface area contributed by atoms with Crippen LogP contribution in [0, 0.1) is 18.3 Å². The van der Waals surface area contributed by atoms with Crippen LogP contribution < -0.4 is 0 Å². The van der Waals surface area contributed by atoms with Crippen LogP contribution in [0.5, 0.6) is 0 Å². The maximum absolute atomic E-state index is 12.5. The number of ether oxygens (including phenoxy) is 2. The summed E-state index contributed by atoms with van der Waals surface area (Å²) in [5.74, 6) is 3.23. The van der Waals surface area contributed by atoms with E-state index >= 15 is 0 Å². The van der Waals surface area contributed by atoms with Crippen LogP contribution in [-0.4, -0.2) is 36.3 Å². The Bertz CT molecular complexity index is 537. The van der Waals surface area contributed by atoms with E-state index in [1.807, 2.05) is 35.2 Å². The number of hydrogen-bond acceptors (Lipinski definition) is 3. The zero-order valence-corrected chi connectivity index (χ0v) is 12.6. The van der Waals surface area contributed by atoms with E-state index in [1.54, 1.807) is 0 Å². The minimum absolute atomic E-state index is 0.0918. The Morgan fingerprint density at radius 1 is 1.27 bits per heavy atom. The van der Waals surface area contributed by atoms with E-state index in [1.165, 1.54) is 0 Å². The minimum Gasteiger partial charge on any atom is -0.445 e. The van der Waals surface area contributed by atoms with Crippen molar-refractivity contribution in [3.05, 3.63) is 35.9 Å². The molecule has 0 spiro atoms. The Balaban J connectivity index is 1.61. The number of carbonyl (C=O) groups is 1. The maximum Gasteiger partial charge on any atom is 0.410 e. The summed E-state index contributed by atoms with van der Waals surface area (Å²) in [5, 5.41) is 0. The largest absolute Gasteiger partial charge is 0.445 e. The molecule has 1 amide bonds. The molecule has 2 aliphatic rings.